The number of carbonyl (C=O) groups is 1. The van der Waals surface area contributed by atoms with Crippen LogP contribution < -0.4 is 0 Å². The fourth-order valence-corrected chi connectivity index (χ4v) is 4.24. The molecule has 0 unspecified atom stereocenters. The molecule has 2 aliphatic rings. The standard InChI is InChI=1S/C15H22INO4/c1-19-14(18)7-5-12-9-15(10-16)13(20-12)6-4-11(21-15)3-2-8-17/h11-13H,2-7,9-10H2,1H3/t11-,12-,13-,15+/m0/s1. The highest BCUT2D eigenvalue weighted by molar-refractivity contribution is 14.1. The van der Waals surface area contributed by atoms with Crippen LogP contribution in [0.25, 0.3) is 0 Å². The number of alkyl halides is 1. The highest BCUT2D eigenvalue weighted by Crippen LogP contribution is 2.44. The van der Waals surface area contributed by atoms with Gasteiger partial charge in [-0.25, -0.2) is 0 Å². The normalized spacial score (nSPS) is 35.0. The third-order valence-corrected chi connectivity index (χ3v) is 5.66. The van der Waals surface area contributed by atoms with Gasteiger partial charge >= 0.3 is 5.97 Å². The fraction of sp³-hybridized carbons (Fsp3) is 0.867. The quantitative estimate of drug-likeness (QED) is 0.385. The van der Waals surface area contributed by atoms with Crippen molar-refractivity contribution in [3.8, 4) is 6.07 Å². The number of methoxy groups -OCH3 is 1. The Morgan fingerprint density at radius 2 is 2.24 bits per heavy atom. The summed E-state index contributed by atoms with van der Waals surface area (Å²) in [6.45, 7) is 0. The zero-order valence-corrected chi connectivity index (χ0v) is 14.5. The van der Waals surface area contributed by atoms with Gasteiger partial charge in [0.15, 0.2) is 0 Å². The molecule has 2 rings (SSSR count). The van der Waals surface area contributed by atoms with E-state index in [2.05, 4.69) is 33.4 Å². The van der Waals surface area contributed by atoms with Gasteiger partial charge < -0.3 is 14.2 Å². The minimum Gasteiger partial charge on any atom is -0.469 e. The van der Waals surface area contributed by atoms with Crippen molar-refractivity contribution < 1.29 is 19.0 Å². The summed E-state index contributed by atoms with van der Waals surface area (Å²) in [7, 11) is 1.41. The fourth-order valence-electron chi connectivity index (χ4n) is 3.26. The molecule has 2 fully saturated rings. The van der Waals surface area contributed by atoms with E-state index in [-0.39, 0.29) is 29.9 Å². The lowest BCUT2D eigenvalue weighted by Crippen LogP contribution is -2.49. The lowest BCUT2D eigenvalue weighted by atomic mass is 9.87. The van der Waals surface area contributed by atoms with E-state index in [4.69, 9.17) is 14.7 Å². The highest BCUT2D eigenvalue weighted by Gasteiger charge is 2.52. The molecule has 4 atom stereocenters. The first-order valence-electron chi connectivity index (χ1n) is 7.46. The van der Waals surface area contributed by atoms with Crippen LogP contribution in [0.2, 0.25) is 0 Å². The predicted molar refractivity (Wildman–Crippen MR) is 85.1 cm³/mol. The molecular formula is C15H22INO4. The highest BCUT2D eigenvalue weighted by atomic mass is 127. The van der Waals surface area contributed by atoms with Crippen LogP contribution >= 0.6 is 22.6 Å². The van der Waals surface area contributed by atoms with Gasteiger partial charge in [0, 0.05) is 23.7 Å². The molecular weight excluding hydrogens is 385 g/mol. The van der Waals surface area contributed by atoms with E-state index in [1.807, 2.05) is 0 Å². The van der Waals surface area contributed by atoms with Gasteiger partial charge in [-0.2, -0.15) is 5.26 Å². The summed E-state index contributed by atoms with van der Waals surface area (Å²) in [6.07, 6.45) is 5.54. The van der Waals surface area contributed by atoms with Crippen molar-refractivity contribution in [2.24, 2.45) is 0 Å². The van der Waals surface area contributed by atoms with Crippen LogP contribution in [-0.4, -0.2) is 41.4 Å². The minimum absolute atomic E-state index is 0.0681. The van der Waals surface area contributed by atoms with E-state index in [0.717, 1.165) is 30.1 Å². The Morgan fingerprint density at radius 3 is 2.90 bits per heavy atom. The van der Waals surface area contributed by atoms with Crippen LogP contribution in [0, 0.1) is 11.3 Å². The van der Waals surface area contributed by atoms with Crippen molar-refractivity contribution >= 4 is 28.6 Å². The molecule has 118 valence electrons. The van der Waals surface area contributed by atoms with Gasteiger partial charge in [0.25, 0.3) is 0 Å². The van der Waals surface area contributed by atoms with E-state index in [1.54, 1.807) is 0 Å². The third-order valence-electron chi connectivity index (χ3n) is 4.37. The van der Waals surface area contributed by atoms with Crippen molar-refractivity contribution in [3.05, 3.63) is 0 Å². The van der Waals surface area contributed by atoms with Crippen molar-refractivity contribution in [1.82, 2.24) is 0 Å². The average molecular weight is 407 g/mol. The first kappa shape index (κ1) is 17.0. The molecule has 0 N–H and O–H groups in total. The van der Waals surface area contributed by atoms with Crippen LogP contribution in [0.1, 0.15) is 44.9 Å². The monoisotopic (exact) mass is 407 g/mol. The number of ether oxygens (including phenoxy) is 3. The molecule has 0 aromatic heterocycles. The van der Waals surface area contributed by atoms with Crippen LogP contribution in [0.15, 0.2) is 0 Å². The Kier molecular flexibility index (Phi) is 6.26. The Morgan fingerprint density at radius 1 is 1.43 bits per heavy atom. The van der Waals surface area contributed by atoms with Crippen LogP contribution in [-0.2, 0) is 19.0 Å². The van der Waals surface area contributed by atoms with E-state index >= 15 is 0 Å². The molecule has 2 saturated heterocycles. The second-order valence-corrected chi connectivity index (χ2v) is 6.54. The minimum atomic E-state index is -0.236. The maximum absolute atomic E-state index is 11.3. The summed E-state index contributed by atoms with van der Waals surface area (Å²) < 4.78 is 18.0. The number of fused-ring (bicyclic) bond motifs is 1. The zero-order valence-electron chi connectivity index (χ0n) is 12.3. The second kappa shape index (κ2) is 7.75. The number of nitrogens with zero attached hydrogens (tertiary/aromatic N) is 1. The van der Waals surface area contributed by atoms with Crippen molar-refractivity contribution in [2.75, 3.05) is 11.5 Å². The number of rotatable bonds is 6. The molecule has 0 aromatic rings. The lowest BCUT2D eigenvalue weighted by Gasteiger charge is -2.41. The van der Waals surface area contributed by atoms with Gasteiger partial charge in [0.1, 0.15) is 5.60 Å². The van der Waals surface area contributed by atoms with E-state index in [0.29, 0.717) is 19.3 Å². The molecule has 0 bridgehead atoms. The van der Waals surface area contributed by atoms with Gasteiger partial charge in [0.2, 0.25) is 0 Å². The Hall–Kier alpha value is -0.390. The zero-order chi connectivity index (χ0) is 15.3. The molecule has 0 saturated carbocycles. The first-order valence-corrected chi connectivity index (χ1v) is 8.99. The van der Waals surface area contributed by atoms with Crippen LogP contribution in [0.4, 0.5) is 0 Å². The number of carbonyl (C=O) groups excluding carboxylic acids is 1. The Bertz CT molecular complexity index is 411. The summed E-state index contributed by atoms with van der Waals surface area (Å²) in [5.41, 5.74) is -0.236. The van der Waals surface area contributed by atoms with Gasteiger partial charge in [-0.05, 0) is 25.7 Å². The van der Waals surface area contributed by atoms with Crippen molar-refractivity contribution in [3.63, 3.8) is 0 Å². The number of nitriles is 1. The SMILES string of the molecule is COC(=O)CC[C@H]1C[C@]2(CI)O[C@@H](CCC#N)CC[C@@H]2O1. The van der Waals surface area contributed by atoms with Gasteiger partial charge in [0.05, 0.1) is 31.5 Å². The lowest BCUT2D eigenvalue weighted by molar-refractivity contribution is -0.153. The summed E-state index contributed by atoms with van der Waals surface area (Å²) >= 11 is 2.36. The molecule has 0 amide bonds. The smallest absolute Gasteiger partial charge is 0.305 e. The van der Waals surface area contributed by atoms with Crippen molar-refractivity contribution in [2.45, 2.75) is 68.9 Å². The molecule has 0 spiro atoms. The second-order valence-electron chi connectivity index (χ2n) is 5.78. The Balaban J connectivity index is 1.92. The topological polar surface area (TPSA) is 68.5 Å². The Labute approximate surface area is 139 Å². The molecule has 6 heteroatoms. The molecule has 0 aromatic carbocycles. The van der Waals surface area contributed by atoms with Crippen LogP contribution in [0.3, 0.4) is 0 Å². The molecule has 5 nitrogen and oxygen atoms in total. The summed E-state index contributed by atoms with van der Waals surface area (Å²) in [6, 6.07) is 2.19. The predicted octanol–water partition coefficient (Wildman–Crippen LogP) is 2.75. The first-order chi connectivity index (χ1) is 10.1. The summed E-state index contributed by atoms with van der Waals surface area (Å²) in [4.78, 5) is 11.3. The maximum Gasteiger partial charge on any atom is 0.305 e. The number of halogens is 1. The molecule has 0 radical (unpaired) electrons. The van der Waals surface area contributed by atoms with Gasteiger partial charge in [-0.3, -0.25) is 4.79 Å². The van der Waals surface area contributed by atoms with Gasteiger partial charge in [-0.1, -0.05) is 22.6 Å². The van der Waals surface area contributed by atoms with Crippen LogP contribution in [0.5, 0.6) is 0 Å². The maximum atomic E-state index is 11.3. The molecule has 21 heavy (non-hydrogen) atoms. The number of hydrogen-bond acceptors (Lipinski definition) is 5. The van der Waals surface area contributed by atoms with E-state index in [1.165, 1.54) is 7.11 Å². The third kappa shape index (κ3) is 4.08. The summed E-state index contributed by atoms with van der Waals surface area (Å²) in [5, 5.41) is 8.72. The van der Waals surface area contributed by atoms with Gasteiger partial charge in [-0.15, -0.1) is 0 Å². The van der Waals surface area contributed by atoms with E-state index in [9.17, 15) is 4.79 Å². The van der Waals surface area contributed by atoms with E-state index < -0.39 is 0 Å². The van der Waals surface area contributed by atoms with Crippen molar-refractivity contribution in [1.29, 1.82) is 5.26 Å². The molecule has 2 heterocycles. The summed E-state index contributed by atoms with van der Waals surface area (Å²) in [5.74, 6) is -0.190. The largest absolute Gasteiger partial charge is 0.469 e. The number of hydrogen-bond donors (Lipinski definition) is 0. The molecule has 2 aliphatic heterocycles. The average Bonchev–Trinajstić information content (AvgIpc) is 2.88. The number of esters is 1. The molecule has 0 aliphatic carbocycles.